The number of aromatic nitrogens is 2. The van der Waals surface area contributed by atoms with Crippen LogP contribution in [0.15, 0.2) is 35.5 Å². The third-order valence-corrected chi connectivity index (χ3v) is 5.10. The summed E-state index contributed by atoms with van der Waals surface area (Å²) in [7, 11) is -0.326. The monoisotopic (exact) mass is 314 g/mol. The van der Waals surface area contributed by atoms with E-state index >= 15 is 0 Å². The van der Waals surface area contributed by atoms with Gasteiger partial charge < -0.3 is 10.3 Å². The molecule has 1 heterocycles. The number of rotatable bonds is 4. The first-order chi connectivity index (χ1) is 9.32. The number of nitrogens with zero attached hydrogens (tertiary/aromatic N) is 3. The Balaban J connectivity index is 2.29. The number of anilines is 1. The first-order valence-corrected chi connectivity index (χ1v) is 7.61. The predicted octanol–water partition coefficient (Wildman–Crippen LogP) is 1.48. The van der Waals surface area contributed by atoms with Crippen LogP contribution in [0.1, 0.15) is 5.82 Å². The molecule has 0 aliphatic carbocycles. The summed E-state index contributed by atoms with van der Waals surface area (Å²) in [5, 5.41) is 0.329. The molecular weight excluding hydrogens is 300 g/mol. The molecule has 0 saturated carbocycles. The van der Waals surface area contributed by atoms with Crippen molar-refractivity contribution in [1.29, 1.82) is 0 Å². The highest BCUT2D eigenvalue weighted by Gasteiger charge is 2.22. The van der Waals surface area contributed by atoms with Crippen molar-refractivity contribution in [3.63, 3.8) is 0 Å². The minimum absolute atomic E-state index is 0.108. The third-order valence-electron chi connectivity index (χ3n) is 2.96. The standard InChI is InChI=1S/C12H15ClN4O2S/c1-16-6-5-15-12(16)8-17(2)20(18,19)9-3-4-10(13)11(14)7-9/h3-7H,8,14H2,1-2H3. The quantitative estimate of drug-likeness (QED) is 0.867. The van der Waals surface area contributed by atoms with Crippen molar-refractivity contribution in [2.75, 3.05) is 12.8 Å². The molecule has 0 bridgehead atoms. The van der Waals surface area contributed by atoms with Gasteiger partial charge in [0.2, 0.25) is 10.0 Å². The number of nitrogens with two attached hydrogens (primary N) is 1. The van der Waals surface area contributed by atoms with E-state index in [0.717, 1.165) is 0 Å². The molecule has 0 aliphatic rings. The van der Waals surface area contributed by atoms with Crippen LogP contribution in [-0.2, 0) is 23.6 Å². The van der Waals surface area contributed by atoms with E-state index in [2.05, 4.69) is 4.98 Å². The lowest BCUT2D eigenvalue weighted by molar-refractivity contribution is 0.451. The molecule has 1 aromatic carbocycles. The lowest BCUT2D eigenvalue weighted by Crippen LogP contribution is -2.27. The number of hydrogen-bond donors (Lipinski definition) is 1. The highest BCUT2D eigenvalue weighted by molar-refractivity contribution is 7.89. The van der Waals surface area contributed by atoms with Crippen LogP contribution in [0, 0.1) is 0 Å². The molecule has 0 fully saturated rings. The summed E-state index contributed by atoms with van der Waals surface area (Å²) < 4.78 is 27.8. The number of sulfonamides is 1. The second kappa shape index (κ2) is 5.43. The molecule has 0 radical (unpaired) electrons. The topological polar surface area (TPSA) is 81.2 Å². The predicted molar refractivity (Wildman–Crippen MR) is 77.7 cm³/mol. The van der Waals surface area contributed by atoms with Crippen LogP contribution in [0.2, 0.25) is 5.02 Å². The summed E-state index contributed by atoms with van der Waals surface area (Å²) in [6, 6.07) is 4.26. The van der Waals surface area contributed by atoms with Crippen molar-refractivity contribution in [3.8, 4) is 0 Å². The fraction of sp³-hybridized carbons (Fsp3) is 0.250. The van der Waals surface area contributed by atoms with E-state index in [1.807, 2.05) is 7.05 Å². The Morgan fingerprint density at radius 1 is 1.45 bits per heavy atom. The summed E-state index contributed by atoms with van der Waals surface area (Å²) in [5.74, 6) is 0.651. The summed E-state index contributed by atoms with van der Waals surface area (Å²) >= 11 is 5.80. The van der Waals surface area contributed by atoms with Crippen molar-refractivity contribution in [1.82, 2.24) is 13.9 Å². The normalized spacial score (nSPS) is 12.0. The number of hydrogen-bond acceptors (Lipinski definition) is 4. The lowest BCUT2D eigenvalue weighted by Gasteiger charge is -2.17. The van der Waals surface area contributed by atoms with Crippen molar-refractivity contribution >= 4 is 27.3 Å². The Bertz CT molecular complexity index is 727. The lowest BCUT2D eigenvalue weighted by atomic mass is 10.3. The Morgan fingerprint density at radius 3 is 2.70 bits per heavy atom. The molecule has 2 N–H and O–H groups in total. The van der Waals surface area contributed by atoms with E-state index in [-0.39, 0.29) is 17.1 Å². The molecule has 108 valence electrons. The summed E-state index contributed by atoms with van der Waals surface area (Å²) in [6.45, 7) is 0.175. The maximum atomic E-state index is 12.4. The van der Waals surface area contributed by atoms with E-state index < -0.39 is 10.0 Å². The van der Waals surface area contributed by atoms with Gasteiger partial charge in [0.05, 0.1) is 22.2 Å². The van der Waals surface area contributed by atoms with E-state index in [9.17, 15) is 8.42 Å². The van der Waals surface area contributed by atoms with Crippen LogP contribution in [0.5, 0.6) is 0 Å². The Kier molecular flexibility index (Phi) is 4.03. The van der Waals surface area contributed by atoms with Gasteiger partial charge in [0.1, 0.15) is 5.82 Å². The van der Waals surface area contributed by atoms with Gasteiger partial charge in [-0.15, -0.1) is 0 Å². The van der Waals surface area contributed by atoms with E-state index in [4.69, 9.17) is 17.3 Å². The summed E-state index contributed by atoms with van der Waals surface area (Å²) in [5.41, 5.74) is 5.88. The average molecular weight is 315 g/mol. The number of imidazole rings is 1. The van der Waals surface area contributed by atoms with Crippen LogP contribution >= 0.6 is 11.6 Å². The molecular formula is C12H15ClN4O2S. The van der Waals surface area contributed by atoms with Gasteiger partial charge >= 0.3 is 0 Å². The number of nitrogen functional groups attached to an aromatic ring is 1. The Hall–Kier alpha value is -1.57. The van der Waals surface area contributed by atoms with Gasteiger partial charge in [-0.05, 0) is 18.2 Å². The highest BCUT2D eigenvalue weighted by atomic mass is 35.5. The summed E-state index contributed by atoms with van der Waals surface area (Å²) in [4.78, 5) is 4.21. The van der Waals surface area contributed by atoms with E-state index in [1.54, 1.807) is 17.0 Å². The molecule has 2 aromatic rings. The fourth-order valence-electron chi connectivity index (χ4n) is 1.70. The van der Waals surface area contributed by atoms with Crippen molar-refractivity contribution in [2.24, 2.45) is 7.05 Å². The zero-order chi connectivity index (χ0) is 14.9. The first kappa shape index (κ1) is 14.8. The van der Waals surface area contributed by atoms with E-state index in [1.165, 1.54) is 29.6 Å². The fourth-order valence-corrected chi connectivity index (χ4v) is 2.97. The SMILES string of the molecule is CN(Cc1nccn1C)S(=O)(=O)c1ccc(Cl)c(N)c1. The van der Waals surface area contributed by atoms with Crippen LogP contribution in [0.4, 0.5) is 5.69 Å². The first-order valence-electron chi connectivity index (χ1n) is 5.80. The minimum Gasteiger partial charge on any atom is -0.397 e. The Labute approximate surface area is 122 Å². The van der Waals surface area contributed by atoms with Gasteiger partial charge in [0.25, 0.3) is 0 Å². The van der Waals surface area contributed by atoms with Crippen LogP contribution in [0.3, 0.4) is 0 Å². The largest absolute Gasteiger partial charge is 0.397 e. The minimum atomic E-state index is -3.63. The molecule has 0 spiro atoms. The zero-order valence-corrected chi connectivity index (χ0v) is 12.7. The summed E-state index contributed by atoms with van der Waals surface area (Å²) in [6.07, 6.45) is 3.38. The second-order valence-electron chi connectivity index (χ2n) is 4.40. The van der Waals surface area contributed by atoms with Gasteiger partial charge in [-0.1, -0.05) is 11.6 Å². The smallest absolute Gasteiger partial charge is 0.243 e. The molecule has 0 amide bonds. The zero-order valence-electron chi connectivity index (χ0n) is 11.1. The number of benzene rings is 1. The molecule has 8 heteroatoms. The maximum Gasteiger partial charge on any atom is 0.243 e. The highest BCUT2D eigenvalue weighted by Crippen LogP contribution is 2.24. The molecule has 0 atom stereocenters. The van der Waals surface area contributed by atoms with Gasteiger partial charge in [-0.3, -0.25) is 0 Å². The number of halogens is 1. The van der Waals surface area contributed by atoms with Crippen LogP contribution in [-0.4, -0.2) is 29.3 Å². The van der Waals surface area contributed by atoms with Gasteiger partial charge in [-0.25, -0.2) is 13.4 Å². The molecule has 1 aromatic heterocycles. The van der Waals surface area contributed by atoms with E-state index in [0.29, 0.717) is 10.8 Å². The van der Waals surface area contributed by atoms with Crippen LogP contribution in [0.25, 0.3) is 0 Å². The third kappa shape index (κ3) is 2.79. The van der Waals surface area contributed by atoms with Crippen molar-refractivity contribution in [3.05, 3.63) is 41.4 Å². The van der Waals surface area contributed by atoms with Gasteiger partial charge in [-0.2, -0.15) is 4.31 Å². The van der Waals surface area contributed by atoms with Crippen molar-refractivity contribution in [2.45, 2.75) is 11.4 Å². The van der Waals surface area contributed by atoms with Gasteiger partial charge in [0, 0.05) is 26.5 Å². The second-order valence-corrected chi connectivity index (χ2v) is 6.85. The molecule has 20 heavy (non-hydrogen) atoms. The number of aryl methyl sites for hydroxylation is 1. The molecule has 0 aliphatic heterocycles. The Morgan fingerprint density at radius 2 is 2.15 bits per heavy atom. The van der Waals surface area contributed by atoms with Crippen LogP contribution < -0.4 is 5.73 Å². The molecule has 0 unspecified atom stereocenters. The average Bonchev–Trinajstić information content (AvgIpc) is 2.78. The van der Waals surface area contributed by atoms with Gasteiger partial charge in [0.15, 0.2) is 0 Å². The molecule has 0 saturated heterocycles. The maximum absolute atomic E-state index is 12.4. The molecule has 6 nitrogen and oxygen atoms in total. The van der Waals surface area contributed by atoms with Crippen molar-refractivity contribution < 1.29 is 8.42 Å². The molecule has 2 rings (SSSR count).